The molecule has 5 rings (SSSR count). The number of benzene rings is 2. The maximum Gasteiger partial charge on any atom is 0.247 e. The van der Waals surface area contributed by atoms with Crippen molar-refractivity contribution in [3.8, 4) is 0 Å². The average Bonchev–Trinajstić information content (AvgIpc) is 3.64. The summed E-state index contributed by atoms with van der Waals surface area (Å²) in [5.41, 5.74) is 1.75. The first-order valence-electron chi connectivity index (χ1n) is 15.8. The van der Waals surface area contributed by atoms with Gasteiger partial charge in [-0.2, -0.15) is 0 Å². The van der Waals surface area contributed by atoms with Gasteiger partial charge < -0.3 is 19.8 Å². The number of likely N-dealkylation sites (tertiary alicyclic amines) is 1. The number of aliphatic hydroxyl groups excluding tert-OH is 1. The molecule has 3 saturated heterocycles. The lowest BCUT2D eigenvalue weighted by Crippen LogP contribution is -2.60. The van der Waals surface area contributed by atoms with Gasteiger partial charge in [0.05, 0.1) is 29.2 Å². The Morgan fingerprint density at radius 1 is 1.07 bits per heavy atom. The molecule has 2 aromatic carbocycles. The fourth-order valence-corrected chi connectivity index (χ4v) is 10.2. The molecular weight excluding hydrogens is 570 g/mol. The summed E-state index contributed by atoms with van der Waals surface area (Å²) >= 11 is 1.67. The van der Waals surface area contributed by atoms with Crippen LogP contribution < -0.4 is 4.90 Å². The Hall–Kier alpha value is -3.36. The van der Waals surface area contributed by atoms with E-state index in [1.165, 1.54) is 0 Å². The Kier molecular flexibility index (Phi) is 9.71. The van der Waals surface area contributed by atoms with E-state index in [1.54, 1.807) is 38.6 Å². The molecule has 3 aliphatic rings. The second-order valence-electron chi connectivity index (χ2n) is 12.5. The summed E-state index contributed by atoms with van der Waals surface area (Å²) < 4.78 is -0.785. The maximum absolute atomic E-state index is 14.9. The van der Waals surface area contributed by atoms with Crippen molar-refractivity contribution < 1.29 is 19.5 Å². The van der Waals surface area contributed by atoms with Crippen LogP contribution in [0.15, 0.2) is 86.0 Å². The Labute approximate surface area is 266 Å². The first-order chi connectivity index (χ1) is 21.2. The van der Waals surface area contributed by atoms with E-state index in [9.17, 15) is 19.5 Å². The highest BCUT2D eigenvalue weighted by molar-refractivity contribution is 8.02. The number of thioether (sulfide) groups is 1. The first kappa shape index (κ1) is 32.0. The molecule has 234 valence electrons. The lowest BCUT2D eigenvalue weighted by Gasteiger charge is -2.43. The third-order valence-corrected chi connectivity index (χ3v) is 12.1. The highest BCUT2D eigenvalue weighted by atomic mass is 32.2. The van der Waals surface area contributed by atoms with Crippen LogP contribution in [0.4, 0.5) is 5.69 Å². The summed E-state index contributed by atoms with van der Waals surface area (Å²) in [7, 11) is 0. The number of hydrogen-bond acceptors (Lipinski definition) is 5. The first-order valence-corrected chi connectivity index (χ1v) is 16.6. The average molecular weight is 616 g/mol. The Morgan fingerprint density at radius 3 is 2.30 bits per heavy atom. The second kappa shape index (κ2) is 13.3. The van der Waals surface area contributed by atoms with Crippen LogP contribution in [0.5, 0.6) is 0 Å². The van der Waals surface area contributed by atoms with Gasteiger partial charge in [-0.15, -0.1) is 24.9 Å². The zero-order chi connectivity index (χ0) is 31.6. The minimum Gasteiger partial charge on any atom is -0.394 e. The number of carbonyl (C=O) groups is 3. The second-order valence-corrected chi connectivity index (χ2v) is 14.0. The molecule has 3 fully saturated rings. The molecule has 2 aromatic rings. The van der Waals surface area contributed by atoms with Gasteiger partial charge in [0.1, 0.15) is 6.04 Å². The highest BCUT2D eigenvalue weighted by Crippen LogP contribution is 2.69. The number of aliphatic hydroxyl groups is 1. The molecule has 3 aliphatic heterocycles. The number of para-hydroxylation sites is 1. The topological polar surface area (TPSA) is 81.2 Å². The summed E-state index contributed by atoms with van der Waals surface area (Å²) in [5.74, 6) is -1.70. The predicted octanol–water partition coefficient (Wildman–Crippen LogP) is 5.16. The van der Waals surface area contributed by atoms with Crippen molar-refractivity contribution in [2.45, 2.75) is 62.2 Å². The fraction of sp³-hybridized carbons (Fsp3) is 0.472. The molecule has 44 heavy (non-hydrogen) atoms. The Balaban J connectivity index is 1.61. The van der Waals surface area contributed by atoms with Crippen LogP contribution in [-0.2, 0) is 20.9 Å². The lowest BCUT2D eigenvalue weighted by atomic mass is 9.65. The van der Waals surface area contributed by atoms with E-state index in [4.69, 9.17) is 0 Å². The van der Waals surface area contributed by atoms with Crippen molar-refractivity contribution in [1.82, 2.24) is 9.80 Å². The standard InChI is InChI=1S/C36H45N3O4S/c1-6-19-37(22-26-15-11-9-12-16-26)35(43)32-36-25(5)21-29(44-36)30(31(36)34(42)39(32)28(23-40)24(4)8-3)33(41)38(20-7-2)27-17-13-10-14-18-27/h6-7,9-18,24-25,28-32,40H,1-2,8,19-23H2,3-5H3/t24-,25?,28-,29+,30-,31-,32?,36?/m0/s1. The number of anilines is 1. The van der Waals surface area contributed by atoms with E-state index < -0.39 is 28.7 Å². The molecule has 1 N–H and O–H groups in total. The van der Waals surface area contributed by atoms with Gasteiger partial charge in [0.25, 0.3) is 0 Å². The van der Waals surface area contributed by atoms with Gasteiger partial charge in [-0.3, -0.25) is 14.4 Å². The zero-order valence-corrected chi connectivity index (χ0v) is 26.9. The van der Waals surface area contributed by atoms with Crippen LogP contribution in [0.3, 0.4) is 0 Å². The number of nitrogens with zero attached hydrogens (tertiary/aromatic N) is 3. The molecule has 2 bridgehead atoms. The van der Waals surface area contributed by atoms with Crippen molar-refractivity contribution in [3.63, 3.8) is 0 Å². The molecule has 3 heterocycles. The van der Waals surface area contributed by atoms with Crippen LogP contribution in [0.1, 0.15) is 39.2 Å². The summed E-state index contributed by atoms with van der Waals surface area (Å²) in [6.07, 6.45) is 4.91. The third kappa shape index (κ3) is 5.30. The molecule has 7 nitrogen and oxygen atoms in total. The molecular formula is C36H45N3O4S. The van der Waals surface area contributed by atoms with Crippen molar-refractivity contribution in [2.24, 2.45) is 23.7 Å². The highest BCUT2D eigenvalue weighted by Gasteiger charge is 2.77. The molecule has 0 saturated carbocycles. The van der Waals surface area contributed by atoms with Crippen LogP contribution in [0.2, 0.25) is 0 Å². The van der Waals surface area contributed by atoms with Crippen molar-refractivity contribution >= 4 is 35.2 Å². The van der Waals surface area contributed by atoms with E-state index in [1.807, 2.05) is 74.5 Å². The predicted molar refractivity (Wildman–Crippen MR) is 177 cm³/mol. The normalized spacial score (nSPS) is 28.3. The van der Waals surface area contributed by atoms with E-state index in [0.29, 0.717) is 19.6 Å². The van der Waals surface area contributed by atoms with Gasteiger partial charge in [-0.05, 0) is 36.0 Å². The molecule has 0 aromatic heterocycles. The fourth-order valence-electron chi connectivity index (χ4n) is 7.80. The van der Waals surface area contributed by atoms with E-state index in [0.717, 1.165) is 24.1 Å². The minimum atomic E-state index is -0.804. The lowest BCUT2D eigenvalue weighted by molar-refractivity contribution is -0.147. The quantitative estimate of drug-likeness (QED) is 0.315. The number of fused-ring (bicyclic) bond motifs is 1. The molecule has 3 unspecified atom stereocenters. The van der Waals surface area contributed by atoms with Crippen LogP contribution >= 0.6 is 11.8 Å². The van der Waals surface area contributed by atoms with Gasteiger partial charge in [-0.1, -0.05) is 87.9 Å². The van der Waals surface area contributed by atoms with Gasteiger partial charge in [0.15, 0.2) is 0 Å². The molecule has 3 amide bonds. The molecule has 8 heteroatoms. The van der Waals surface area contributed by atoms with E-state index in [-0.39, 0.29) is 41.4 Å². The van der Waals surface area contributed by atoms with Gasteiger partial charge in [0, 0.05) is 30.6 Å². The third-order valence-electron chi connectivity index (χ3n) is 10.1. The maximum atomic E-state index is 14.9. The Morgan fingerprint density at radius 2 is 1.70 bits per heavy atom. The zero-order valence-electron chi connectivity index (χ0n) is 26.0. The van der Waals surface area contributed by atoms with Crippen molar-refractivity contribution in [1.29, 1.82) is 0 Å². The molecule has 8 atom stereocenters. The summed E-state index contributed by atoms with van der Waals surface area (Å²) in [6, 6.07) is 18.0. The van der Waals surface area contributed by atoms with Crippen molar-refractivity contribution in [2.75, 3.05) is 24.6 Å². The van der Waals surface area contributed by atoms with Gasteiger partial charge in [-0.25, -0.2) is 0 Å². The largest absolute Gasteiger partial charge is 0.394 e. The van der Waals surface area contributed by atoms with Crippen molar-refractivity contribution in [3.05, 3.63) is 91.5 Å². The minimum absolute atomic E-state index is 0.0256. The van der Waals surface area contributed by atoms with Crippen LogP contribution in [-0.4, -0.2) is 74.4 Å². The summed E-state index contributed by atoms with van der Waals surface area (Å²) in [4.78, 5) is 49.5. The SMILES string of the molecule is C=CCN(Cc1ccccc1)C(=O)C1N([C@@H](CO)[C@@H](C)CC)C(=O)[C@@H]2[C@@H](C(=O)N(CC=C)c3ccccc3)[C@H]3CC(C)C12S3. The molecule has 0 radical (unpaired) electrons. The number of hydrogen-bond donors (Lipinski definition) is 1. The summed E-state index contributed by atoms with van der Waals surface area (Å²) in [6.45, 7) is 14.8. The number of amides is 3. The van der Waals surface area contributed by atoms with E-state index >= 15 is 0 Å². The summed E-state index contributed by atoms with van der Waals surface area (Å²) in [5, 5.41) is 10.6. The van der Waals surface area contributed by atoms with Gasteiger partial charge >= 0.3 is 0 Å². The molecule has 1 spiro atoms. The van der Waals surface area contributed by atoms with Gasteiger partial charge in [0.2, 0.25) is 17.7 Å². The Bertz CT molecular complexity index is 1370. The van der Waals surface area contributed by atoms with E-state index in [2.05, 4.69) is 20.1 Å². The van der Waals surface area contributed by atoms with Crippen LogP contribution in [0, 0.1) is 23.7 Å². The van der Waals surface area contributed by atoms with Crippen LogP contribution in [0.25, 0.3) is 0 Å². The number of carbonyl (C=O) groups excluding carboxylic acids is 3. The number of rotatable bonds is 13. The molecule has 0 aliphatic carbocycles. The monoisotopic (exact) mass is 615 g/mol. The smallest absolute Gasteiger partial charge is 0.247 e.